The number of likely N-dealkylation sites (tertiary alicyclic amines) is 1. The van der Waals surface area contributed by atoms with Gasteiger partial charge in [0.2, 0.25) is 5.91 Å². The van der Waals surface area contributed by atoms with Crippen LogP contribution in [0.25, 0.3) is 0 Å². The number of nitrogens with one attached hydrogen (secondary N) is 1. The molecule has 1 fully saturated rings. The lowest BCUT2D eigenvalue weighted by atomic mass is 10.1. The van der Waals surface area contributed by atoms with E-state index < -0.39 is 0 Å². The predicted octanol–water partition coefficient (Wildman–Crippen LogP) is 4.22. The summed E-state index contributed by atoms with van der Waals surface area (Å²) >= 11 is 1.41. The molecule has 0 atom stereocenters. The number of halogens is 1. The molecule has 1 aliphatic heterocycles. The van der Waals surface area contributed by atoms with E-state index in [9.17, 15) is 9.18 Å². The molecule has 0 spiro atoms. The normalized spacial score (nSPS) is 15.0. The van der Waals surface area contributed by atoms with Gasteiger partial charge < -0.3 is 5.32 Å². The molecular formula is C21H25FN2OS. The predicted molar refractivity (Wildman–Crippen MR) is 105 cm³/mol. The maximum atomic E-state index is 12.9. The Hall–Kier alpha value is -1.85. The minimum Gasteiger partial charge on any atom is -0.351 e. The number of carbonyl (C=O) groups is 1. The maximum Gasteiger partial charge on any atom is 0.230 e. The highest BCUT2D eigenvalue weighted by Crippen LogP contribution is 2.18. The highest BCUT2D eigenvalue weighted by Gasteiger charge is 2.10. The number of carbonyl (C=O) groups excluding carboxylic acids is 1. The molecule has 0 bridgehead atoms. The van der Waals surface area contributed by atoms with Crippen LogP contribution in [0.15, 0.2) is 53.4 Å². The first-order valence-corrected chi connectivity index (χ1v) is 10.1. The molecule has 2 aromatic carbocycles. The summed E-state index contributed by atoms with van der Waals surface area (Å²) in [5.41, 5.74) is 2.43. The van der Waals surface area contributed by atoms with Gasteiger partial charge in [0, 0.05) is 18.0 Å². The Labute approximate surface area is 159 Å². The third-order valence-electron chi connectivity index (χ3n) is 4.55. The molecule has 1 N–H and O–H groups in total. The van der Waals surface area contributed by atoms with Crippen LogP contribution in [-0.4, -0.2) is 29.6 Å². The number of hydrogen-bond acceptors (Lipinski definition) is 3. The maximum absolute atomic E-state index is 12.9. The zero-order valence-corrected chi connectivity index (χ0v) is 15.7. The van der Waals surface area contributed by atoms with Crippen LogP contribution in [0.5, 0.6) is 0 Å². The van der Waals surface area contributed by atoms with Gasteiger partial charge in [0.1, 0.15) is 5.82 Å². The van der Waals surface area contributed by atoms with Gasteiger partial charge >= 0.3 is 0 Å². The average molecular weight is 373 g/mol. The molecule has 1 heterocycles. The van der Waals surface area contributed by atoms with Gasteiger partial charge in [-0.3, -0.25) is 9.69 Å². The molecule has 1 amide bonds. The monoisotopic (exact) mass is 372 g/mol. The van der Waals surface area contributed by atoms with Gasteiger partial charge in [-0.05, 0) is 61.3 Å². The van der Waals surface area contributed by atoms with E-state index in [0.29, 0.717) is 12.3 Å². The second kappa shape index (κ2) is 9.74. The number of amides is 1. The molecule has 26 heavy (non-hydrogen) atoms. The van der Waals surface area contributed by atoms with Crippen molar-refractivity contribution in [1.82, 2.24) is 10.2 Å². The highest BCUT2D eigenvalue weighted by atomic mass is 32.2. The summed E-state index contributed by atoms with van der Waals surface area (Å²) in [6.45, 7) is 3.95. The Bertz CT molecular complexity index is 697. The SMILES string of the molecule is O=C(CSc1ccc(F)cc1)NCc1ccc(CN2CCCCC2)cc1. The van der Waals surface area contributed by atoms with Crippen molar-refractivity contribution in [3.63, 3.8) is 0 Å². The Kier molecular flexibility index (Phi) is 7.09. The van der Waals surface area contributed by atoms with Gasteiger partial charge in [-0.2, -0.15) is 0 Å². The Morgan fingerprint density at radius 1 is 0.962 bits per heavy atom. The Balaban J connectivity index is 1.39. The van der Waals surface area contributed by atoms with Crippen LogP contribution in [-0.2, 0) is 17.9 Å². The second-order valence-electron chi connectivity index (χ2n) is 6.67. The number of piperidine rings is 1. The topological polar surface area (TPSA) is 32.3 Å². The van der Waals surface area contributed by atoms with E-state index in [-0.39, 0.29) is 11.7 Å². The zero-order chi connectivity index (χ0) is 18.2. The summed E-state index contributed by atoms with van der Waals surface area (Å²) in [4.78, 5) is 15.4. The number of nitrogens with zero attached hydrogens (tertiary/aromatic N) is 1. The smallest absolute Gasteiger partial charge is 0.230 e. The largest absolute Gasteiger partial charge is 0.351 e. The third kappa shape index (κ3) is 6.15. The number of thioether (sulfide) groups is 1. The molecule has 0 saturated carbocycles. The van der Waals surface area contributed by atoms with Crippen molar-refractivity contribution in [3.8, 4) is 0 Å². The van der Waals surface area contributed by atoms with Crippen molar-refractivity contribution >= 4 is 17.7 Å². The molecule has 1 aliphatic rings. The zero-order valence-electron chi connectivity index (χ0n) is 14.9. The van der Waals surface area contributed by atoms with Gasteiger partial charge in [-0.1, -0.05) is 30.7 Å². The van der Waals surface area contributed by atoms with Crippen LogP contribution < -0.4 is 5.32 Å². The Morgan fingerprint density at radius 2 is 1.62 bits per heavy atom. The Morgan fingerprint density at radius 3 is 2.31 bits per heavy atom. The van der Waals surface area contributed by atoms with E-state index in [1.807, 2.05) is 0 Å². The summed E-state index contributed by atoms with van der Waals surface area (Å²) in [7, 11) is 0. The van der Waals surface area contributed by atoms with Gasteiger partial charge in [-0.15, -0.1) is 11.8 Å². The van der Waals surface area contributed by atoms with Crippen LogP contribution >= 0.6 is 11.8 Å². The summed E-state index contributed by atoms with van der Waals surface area (Å²) in [6.07, 6.45) is 3.97. The lowest BCUT2D eigenvalue weighted by Gasteiger charge is -2.26. The van der Waals surface area contributed by atoms with Crippen LogP contribution in [0, 0.1) is 5.82 Å². The number of hydrogen-bond donors (Lipinski definition) is 1. The third-order valence-corrected chi connectivity index (χ3v) is 5.56. The first-order chi connectivity index (χ1) is 12.7. The number of rotatable bonds is 7. The molecule has 138 valence electrons. The quantitative estimate of drug-likeness (QED) is 0.739. The van der Waals surface area contributed by atoms with Crippen molar-refractivity contribution in [1.29, 1.82) is 0 Å². The van der Waals surface area contributed by atoms with Crippen LogP contribution in [0.2, 0.25) is 0 Å². The standard InChI is InChI=1S/C21H25FN2OS/c22-19-8-10-20(11-9-19)26-16-21(25)23-14-17-4-6-18(7-5-17)15-24-12-2-1-3-13-24/h4-11H,1-3,12-16H2,(H,23,25). The molecule has 0 aliphatic carbocycles. The lowest BCUT2D eigenvalue weighted by Crippen LogP contribution is -2.29. The summed E-state index contributed by atoms with van der Waals surface area (Å²) in [5, 5.41) is 2.94. The minimum absolute atomic E-state index is 0.0169. The molecule has 2 aromatic rings. The molecule has 0 aromatic heterocycles. The van der Waals surface area contributed by atoms with Crippen molar-refractivity contribution in [3.05, 3.63) is 65.5 Å². The molecule has 1 saturated heterocycles. The van der Waals surface area contributed by atoms with Crippen LogP contribution in [0.3, 0.4) is 0 Å². The van der Waals surface area contributed by atoms with E-state index in [2.05, 4.69) is 34.5 Å². The molecule has 3 nitrogen and oxygen atoms in total. The average Bonchev–Trinajstić information content (AvgIpc) is 2.68. The van der Waals surface area contributed by atoms with E-state index >= 15 is 0 Å². The first-order valence-electron chi connectivity index (χ1n) is 9.14. The summed E-state index contributed by atoms with van der Waals surface area (Å²) in [5.74, 6) is 0.0536. The fraction of sp³-hybridized carbons (Fsp3) is 0.381. The van der Waals surface area contributed by atoms with Crippen LogP contribution in [0.4, 0.5) is 4.39 Å². The van der Waals surface area contributed by atoms with Gasteiger partial charge in [0.15, 0.2) is 0 Å². The van der Waals surface area contributed by atoms with Crippen molar-refractivity contribution < 1.29 is 9.18 Å². The van der Waals surface area contributed by atoms with E-state index in [1.165, 1.54) is 61.8 Å². The van der Waals surface area contributed by atoms with Crippen LogP contribution in [0.1, 0.15) is 30.4 Å². The fourth-order valence-corrected chi connectivity index (χ4v) is 3.80. The molecular weight excluding hydrogens is 347 g/mol. The lowest BCUT2D eigenvalue weighted by molar-refractivity contribution is -0.118. The van der Waals surface area contributed by atoms with Gasteiger partial charge in [0.25, 0.3) is 0 Å². The van der Waals surface area contributed by atoms with Crippen molar-refractivity contribution in [2.75, 3.05) is 18.8 Å². The molecule has 0 unspecified atom stereocenters. The van der Waals surface area contributed by atoms with E-state index in [0.717, 1.165) is 17.0 Å². The van der Waals surface area contributed by atoms with Gasteiger partial charge in [-0.25, -0.2) is 4.39 Å². The highest BCUT2D eigenvalue weighted by molar-refractivity contribution is 8.00. The van der Waals surface area contributed by atoms with Crippen molar-refractivity contribution in [2.24, 2.45) is 0 Å². The summed E-state index contributed by atoms with van der Waals surface area (Å²) < 4.78 is 12.9. The first kappa shape index (κ1) is 18.9. The second-order valence-corrected chi connectivity index (χ2v) is 7.72. The molecule has 3 rings (SSSR count). The van der Waals surface area contributed by atoms with Crippen molar-refractivity contribution in [2.45, 2.75) is 37.2 Å². The van der Waals surface area contributed by atoms with E-state index in [1.54, 1.807) is 12.1 Å². The number of benzene rings is 2. The minimum atomic E-state index is -0.262. The molecule has 5 heteroatoms. The van der Waals surface area contributed by atoms with Gasteiger partial charge in [0.05, 0.1) is 5.75 Å². The molecule has 0 radical (unpaired) electrons. The van der Waals surface area contributed by atoms with E-state index in [4.69, 9.17) is 0 Å². The fourth-order valence-electron chi connectivity index (χ4n) is 3.07. The summed E-state index contributed by atoms with van der Waals surface area (Å²) in [6, 6.07) is 14.7.